The fourth-order valence-electron chi connectivity index (χ4n) is 1.75. The molecule has 2 N–H and O–H groups in total. The molecule has 1 aromatic heterocycles. The van der Waals surface area contributed by atoms with Gasteiger partial charge in [0.15, 0.2) is 0 Å². The second-order valence-corrected chi connectivity index (χ2v) is 5.78. The summed E-state index contributed by atoms with van der Waals surface area (Å²) < 4.78 is 0.855. The van der Waals surface area contributed by atoms with E-state index < -0.39 is 0 Å². The number of anilines is 2. The molecule has 2 rings (SSSR count). The Morgan fingerprint density at radius 2 is 2.14 bits per heavy atom. The number of hydrogen-bond acceptors (Lipinski definition) is 3. The van der Waals surface area contributed by atoms with Crippen LogP contribution in [0.5, 0.6) is 0 Å². The van der Waals surface area contributed by atoms with Crippen molar-refractivity contribution in [1.82, 2.24) is 4.98 Å². The van der Waals surface area contributed by atoms with Crippen LogP contribution in [0.2, 0.25) is 5.02 Å². The summed E-state index contributed by atoms with van der Waals surface area (Å²) in [6.07, 6.45) is 2.60. The van der Waals surface area contributed by atoms with Crippen LogP contribution in [0.4, 0.5) is 11.5 Å². The van der Waals surface area contributed by atoms with E-state index in [1.54, 1.807) is 24.4 Å². The molecule has 0 aliphatic carbocycles. The van der Waals surface area contributed by atoms with E-state index in [0.717, 1.165) is 23.1 Å². The van der Waals surface area contributed by atoms with Gasteiger partial charge in [-0.05, 0) is 52.7 Å². The first kappa shape index (κ1) is 15.8. The predicted molar refractivity (Wildman–Crippen MR) is 90.1 cm³/mol. The van der Waals surface area contributed by atoms with Crippen LogP contribution >= 0.6 is 27.5 Å². The number of benzene rings is 1. The lowest BCUT2D eigenvalue weighted by molar-refractivity contribution is 0.102. The average molecular weight is 369 g/mol. The number of carbonyl (C=O) groups excluding carboxylic acids is 1. The van der Waals surface area contributed by atoms with Gasteiger partial charge in [-0.3, -0.25) is 4.79 Å². The minimum absolute atomic E-state index is 0.245. The highest BCUT2D eigenvalue weighted by Gasteiger charge is 2.12. The molecular weight excluding hydrogens is 354 g/mol. The summed E-state index contributed by atoms with van der Waals surface area (Å²) in [6, 6.07) is 8.76. The minimum Gasteiger partial charge on any atom is -0.384 e. The van der Waals surface area contributed by atoms with Gasteiger partial charge in [-0.25, -0.2) is 4.98 Å². The number of rotatable bonds is 5. The van der Waals surface area contributed by atoms with Crippen molar-refractivity contribution in [3.05, 3.63) is 51.6 Å². The SMILES string of the molecule is CCCNc1ccc(Cl)cc1C(=O)Nc1ccc(Br)cn1. The van der Waals surface area contributed by atoms with Crippen LogP contribution in [0.1, 0.15) is 23.7 Å². The van der Waals surface area contributed by atoms with Gasteiger partial charge in [0.1, 0.15) is 5.82 Å². The van der Waals surface area contributed by atoms with Crippen LogP contribution in [0.3, 0.4) is 0 Å². The molecule has 2 aromatic rings. The van der Waals surface area contributed by atoms with Crippen LogP contribution in [0, 0.1) is 0 Å². The number of halogens is 2. The molecule has 0 bridgehead atoms. The van der Waals surface area contributed by atoms with Gasteiger partial charge >= 0.3 is 0 Å². The van der Waals surface area contributed by atoms with Crippen LogP contribution in [0.25, 0.3) is 0 Å². The van der Waals surface area contributed by atoms with E-state index in [4.69, 9.17) is 11.6 Å². The van der Waals surface area contributed by atoms with Crippen molar-refractivity contribution < 1.29 is 4.79 Å². The molecule has 0 atom stereocenters. The van der Waals surface area contributed by atoms with E-state index >= 15 is 0 Å². The Morgan fingerprint density at radius 3 is 2.81 bits per heavy atom. The van der Waals surface area contributed by atoms with Gasteiger partial charge in [0.05, 0.1) is 5.56 Å². The first-order valence-corrected chi connectivity index (χ1v) is 7.73. The zero-order valence-corrected chi connectivity index (χ0v) is 13.8. The molecule has 0 saturated carbocycles. The molecule has 1 heterocycles. The Hall–Kier alpha value is -1.59. The molecule has 0 radical (unpaired) electrons. The smallest absolute Gasteiger partial charge is 0.258 e. The fourth-order valence-corrected chi connectivity index (χ4v) is 2.16. The highest BCUT2D eigenvalue weighted by molar-refractivity contribution is 9.10. The molecule has 21 heavy (non-hydrogen) atoms. The summed E-state index contributed by atoms with van der Waals surface area (Å²) in [5, 5.41) is 6.50. The molecule has 110 valence electrons. The second kappa shape index (κ2) is 7.43. The highest BCUT2D eigenvalue weighted by atomic mass is 79.9. The van der Waals surface area contributed by atoms with Gasteiger partial charge in [-0.2, -0.15) is 0 Å². The van der Waals surface area contributed by atoms with Crippen LogP contribution in [-0.2, 0) is 0 Å². The Bertz CT molecular complexity index is 631. The Kier molecular flexibility index (Phi) is 5.59. The monoisotopic (exact) mass is 367 g/mol. The zero-order chi connectivity index (χ0) is 15.2. The molecule has 0 aliphatic rings. The summed E-state index contributed by atoms with van der Waals surface area (Å²) in [7, 11) is 0. The normalized spacial score (nSPS) is 10.2. The lowest BCUT2D eigenvalue weighted by atomic mass is 10.1. The third kappa shape index (κ3) is 4.44. The molecule has 4 nitrogen and oxygen atoms in total. The second-order valence-electron chi connectivity index (χ2n) is 4.43. The Morgan fingerprint density at radius 1 is 1.33 bits per heavy atom. The predicted octanol–water partition coefficient (Wildman–Crippen LogP) is 4.57. The molecule has 0 fully saturated rings. The van der Waals surface area contributed by atoms with Gasteiger partial charge in [-0.1, -0.05) is 18.5 Å². The number of nitrogens with one attached hydrogen (secondary N) is 2. The lowest BCUT2D eigenvalue weighted by Gasteiger charge is -2.12. The molecule has 0 aliphatic heterocycles. The third-order valence-electron chi connectivity index (χ3n) is 2.76. The van der Waals surface area contributed by atoms with E-state index in [0.29, 0.717) is 16.4 Å². The quantitative estimate of drug-likeness (QED) is 0.812. The molecule has 1 amide bonds. The summed E-state index contributed by atoms with van der Waals surface area (Å²) in [5.74, 6) is 0.246. The van der Waals surface area contributed by atoms with Crippen molar-refractivity contribution in [3.8, 4) is 0 Å². The van der Waals surface area contributed by atoms with Crippen molar-refractivity contribution in [3.63, 3.8) is 0 Å². The molecule has 0 unspecified atom stereocenters. The van der Waals surface area contributed by atoms with E-state index in [-0.39, 0.29) is 5.91 Å². The number of hydrogen-bond donors (Lipinski definition) is 2. The molecule has 0 saturated heterocycles. The minimum atomic E-state index is -0.245. The molecular formula is C15H15BrClN3O. The van der Waals surface area contributed by atoms with Crippen LogP contribution in [0.15, 0.2) is 41.0 Å². The largest absolute Gasteiger partial charge is 0.384 e. The van der Waals surface area contributed by atoms with Crippen molar-refractivity contribution in [2.45, 2.75) is 13.3 Å². The molecule has 0 spiro atoms. The summed E-state index contributed by atoms with van der Waals surface area (Å²) in [6.45, 7) is 2.85. The van der Waals surface area contributed by atoms with E-state index in [2.05, 4.69) is 38.5 Å². The van der Waals surface area contributed by atoms with Crippen molar-refractivity contribution in [2.75, 3.05) is 17.2 Å². The van der Waals surface area contributed by atoms with Crippen molar-refractivity contribution >= 4 is 44.9 Å². The van der Waals surface area contributed by atoms with Gasteiger partial charge < -0.3 is 10.6 Å². The number of aromatic nitrogens is 1. The van der Waals surface area contributed by atoms with E-state index in [1.165, 1.54) is 0 Å². The first-order chi connectivity index (χ1) is 10.1. The summed E-state index contributed by atoms with van der Waals surface area (Å²) in [5.41, 5.74) is 1.26. The summed E-state index contributed by atoms with van der Waals surface area (Å²) in [4.78, 5) is 16.5. The van der Waals surface area contributed by atoms with Crippen LogP contribution in [-0.4, -0.2) is 17.4 Å². The lowest BCUT2D eigenvalue weighted by Crippen LogP contribution is -2.16. The maximum atomic E-state index is 12.4. The van der Waals surface area contributed by atoms with Gasteiger partial charge in [0.25, 0.3) is 5.91 Å². The third-order valence-corrected chi connectivity index (χ3v) is 3.46. The number of carbonyl (C=O) groups is 1. The average Bonchev–Trinajstić information content (AvgIpc) is 2.48. The maximum absolute atomic E-state index is 12.4. The molecule has 6 heteroatoms. The Labute approximate surface area is 137 Å². The zero-order valence-electron chi connectivity index (χ0n) is 11.5. The fraction of sp³-hybridized carbons (Fsp3) is 0.200. The van der Waals surface area contributed by atoms with Crippen molar-refractivity contribution in [1.29, 1.82) is 0 Å². The number of amides is 1. The standard InChI is InChI=1S/C15H15BrClN3O/c1-2-7-18-13-5-4-11(17)8-12(13)15(21)20-14-6-3-10(16)9-19-14/h3-6,8-9,18H,2,7H2,1H3,(H,19,20,21). The topological polar surface area (TPSA) is 54.0 Å². The van der Waals surface area contributed by atoms with E-state index in [1.807, 2.05) is 12.1 Å². The first-order valence-electron chi connectivity index (χ1n) is 6.56. The van der Waals surface area contributed by atoms with Gasteiger partial charge in [-0.15, -0.1) is 0 Å². The van der Waals surface area contributed by atoms with Crippen LogP contribution < -0.4 is 10.6 Å². The van der Waals surface area contributed by atoms with E-state index in [9.17, 15) is 4.79 Å². The van der Waals surface area contributed by atoms with Crippen molar-refractivity contribution in [2.24, 2.45) is 0 Å². The van der Waals surface area contributed by atoms with Gasteiger partial charge in [0, 0.05) is 27.9 Å². The van der Waals surface area contributed by atoms with Gasteiger partial charge in [0.2, 0.25) is 0 Å². The maximum Gasteiger partial charge on any atom is 0.258 e. The number of nitrogens with zero attached hydrogens (tertiary/aromatic N) is 1. The highest BCUT2D eigenvalue weighted by Crippen LogP contribution is 2.22. The molecule has 1 aromatic carbocycles. The Balaban J connectivity index is 2.20. The number of pyridine rings is 1. The summed E-state index contributed by atoms with van der Waals surface area (Å²) >= 11 is 9.29.